The first-order valence-electron chi connectivity index (χ1n) is 20.1. The lowest BCUT2D eigenvalue weighted by molar-refractivity contribution is 0.926. The average Bonchev–Trinajstić information content (AvgIpc) is 3.63. The van der Waals surface area contributed by atoms with Crippen LogP contribution in [0.4, 0.5) is 11.4 Å². The van der Waals surface area contributed by atoms with Gasteiger partial charge in [0.2, 0.25) is 0 Å². The summed E-state index contributed by atoms with van der Waals surface area (Å²) in [5.41, 5.74) is 14.3. The Bertz CT molecular complexity index is 2610. The zero-order valence-electron chi connectivity index (χ0n) is 34.4. The van der Waals surface area contributed by atoms with E-state index in [1.165, 1.54) is 60.8 Å². The Morgan fingerprint density at radius 1 is 0.500 bits per heavy atom. The molecule has 58 heavy (non-hydrogen) atoms. The maximum absolute atomic E-state index is 4.28. The molecule has 8 aromatic carbocycles. The number of para-hydroxylation sites is 3. The highest BCUT2D eigenvalue weighted by Crippen LogP contribution is 2.42. The number of benzene rings is 8. The van der Waals surface area contributed by atoms with Crippen LogP contribution in [-0.2, 0) is 6.54 Å². The van der Waals surface area contributed by atoms with Crippen LogP contribution in [0, 0.1) is 13.8 Å². The van der Waals surface area contributed by atoms with E-state index in [1.807, 2.05) is 62.4 Å². The lowest BCUT2D eigenvalue weighted by Gasteiger charge is -2.23. The first kappa shape index (κ1) is 40.7. The zero-order valence-corrected chi connectivity index (χ0v) is 34.4. The summed E-state index contributed by atoms with van der Waals surface area (Å²) in [6.07, 6.45) is 0. The summed E-state index contributed by atoms with van der Waals surface area (Å²) < 4.78 is 2.41. The SMILES string of the molecule is C=Nc1ccccc1N(C)Cc1ccc2c(c1-c1ccccc1)c1ccccc1n2-c1cccc(-c2ccccc2)c1.CC.Cc1ccccc1.Cc1ccccc1. The summed E-state index contributed by atoms with van der Waals surface area (Å²) in [4.78, 5) is 6.54. The summed E-state index contributed by atoms with van der Waals surface area (Å²) in [6.45, 7) is 12.7. The van der Waals surface area contributed by atoms with Crippen molar-refractivity contribution in [1.29, 1.82) is 0 Å². The molecule has 3 nitrogen and oxygen atoms in total. The van der Waals surface area contributed by atoms with Crippen molar-refractivity contribution < 1.29 is 0 Å². The zero-order chi connectivity index (χ0) is 40.7. The Labute approximate surface area is 345 Å². The molecule has 0 spiro atoms. The number of aromatic nitrogens is 1. The summed E-state index contributed by atoms with van der Waals surface area (Å²) in [7, 11) is 2.13. The number of anilines is 1. The van der Waals surface area contributed by atoms with Crippen molar-refractivity contribution in [3.8, 4) is 27.9 Å². The van der Waals surface area contributed by atoms with Crippen LogP contribution in [0.15, 0.2) is 211 Å². The Morgan fingerprint density at radius 3 is 1.60 bits per heavy atom. The molecule has 0 aliphatic heterocycles. The van der Waals surface area contributed by atoms with Crippen molar-refractivity contribution in [2.24, 2.45) is 4.99 Å². The predicted octanol–water partition coefficient (Wildman–Crippen LogP) is 15.1. The van der Waals surface area contributed by atoms with Crippen LogP contribution >= 0.6 is 0 Å². The Balaban J connectivity index is 0.000000296. The van der Waals surface area contributed by atoms with E-state index in [9.17, 15) is 0 Å². The van der Waals surface area contributed by atoms with Gasteiger partial charge < -0.3 is 9.47 Å². The molecule has 0 saturated carbocycles. The van der Waals surface area contributed by atoms with Gasteiger partial charge in [-0.2, -0.15) is 0 Å². The van der Waals surface area contributed by atoms with Crippen molar-refractivity contribution in [1.82, 2.24) is 4.57 Å². The van der Waals surface area contributed by atoms with Crippen molar-refractivity contribution in [2.45, 2.75) is 34.2 Å². The fourth-order valence-electron chi connectivity index (χ4n) is 7.23. The van der Waals surface area contributed by atoms with Crippen LogP contribution < -0.4 is 4.90 Å². The number of fused-ring (bicyclic) bond motifs is 3. The highest BCUT2D eigenvalue weighted by Gasteiger charge is 2.20. The minimum absolute atomic E-state index is 0.732. The van der Waals surface area contributed by atoms with E-state index < -0.39 is 0 Å². The molecule has 0 aliphatic carbocycles. The van der Waals surface area contributed by atoms with Crippen LogP contribution in [0.1, 0.15) is 30.5 Å². The minimum Gasteiger partial charge on any atom is -0.369 e. The molecule has 0 amide bonds. The van der Waals surface area contributed by atoms with Crippen molar-refractivity contribution >= 4 is 39.9 Å². The maximum atomic E-state index is 4.28. The molecule has 0 saturated heterocycles. The van der Waals surface area contributed by atoms with Crippen LogP contribution in [0.3, 0.4) is 0 Å². The molecule has 0 unspecified atom stereocenters. The number of nitrogens with zero attached hydrogens (tertiary/aromatic N) is 3. The summed E-state index contributed by atoms with van der Waals surface area (Å²) in [6, 6.07) is 72.3. The van der Waals surface area contributed by atoms with Crippen LogP contribution in [0.2, 0.25) is 0 Å². The summed E-state index contributed by atoms with van der Waals surface area (Å²) >= 11 is 0. The van der Waals surface area contributed by atoms with E-state index in [1.54, 1.807) is 0 Å². The topological polar surface area (TPSA) is 20.5 Å². The van der Waals surface area contributed by atoms with Gasteiger partial charge in [-0.25, -0.2) is 0 Å². The maximum Gasteiger partial charge on any atom is 0.0855 e. The van der Waals surface area contributed by atoms with Gasteiger partial charge in [0.25, 0.3) is 0 Å². The fraction of sp³-hybridized carbons (Fsp3) is 0.109. The van der Waals surface area contributed by atoms with Gasteiger partial charge in [-0.1, -0.05) is 195 Å². The highest BCUT2D eigenvalue weighted by molar-refractivity contribution is 6.16. The number of hydrogen-bond donors (Lipinski definition) is 0. The van der Waals surface area contributed by atoms with E-state index >= 15 is 0 Å². The van der Waals surface area contributed by atoms with E-state index in [-0.39, 0.29) is 0 Å². The van der Waals surface area contributed by atoms with Gasteiger partial charge in [-0.3, -0.25) is 4.99 Å². The lowest BCUT2D eigenvalue weighted by atomic mass is 9.94. The first-order valence-corrected chi connectivity index (χ1v) is 20.1. The third-order valence-corrected chi connectivity index (χ3v) is 9.95. The van der Waals surface area contributed by atoms with Gasteiger partial charge in [0.15, 0.2) is 0 Å². The Morgan fingerprint density at radius 2 is 1.02 bits per heavy atom. The van der Waals surface area contributed by atoms with Crippen LogP contribution in [-0.4, -0.2) is 18.3 Å². The van der Waals surface area contributed by atoms with Crippen molar-refractivity contribution in [3.63, 3.8) is 0 Å². The third kappa shape index (κ3) is 9.69. The van der Waals surface area contributed by atoms with Gasteiger partial charge in [0.1, 0.15) is 0 Å². The molecular weight excluding hydrogens is 703 g/mol. The van der Waals surface area contributed by atoms with Gasteiger partial charge in [-0.05, 0) is 84.8 Å². The number of hydrogen-bond acceptors (Lipinski definition) is 2. The van der Waals surface area contributed by atoms with Crippen LogP contribution in [0.25, 0.3) is 49.7 Å². The average molecular weight is 756 g/mol. The van der Waals surface area contributed by atoms with E-state index in [0.29, 0.717) is 0 Å². The van der Waals surface area contributed by atoms with Gasteiger partial charge in [0.05, 0.1) is 22.4 Å². The molecule has 0 atom stereocenters. The number of rotatable bonds is 7. The quantitative estimate of drug-likeness (QED) is 0.148. The molecule has 1 aromatic heterocycles. The second-order valence-electron chi connectivity index (χ2n) is 13.9. The Kier molecular flexibility index (Phi) is 14.2. The first-order chi connectivity index (χ1) is 28.5. The second kappa shape index (κ2) is 20.3. The van der Waals surface area contributed by atoms with Gasteiger partial charge in [0, 0.05) is 30.1 Å². The molecule has 288 valence electrons. The monoisotopic (exact) mass is 755 g/mol. The largest absolute Gasteiger partial charge is 0.369 e. The number of aryl methyl sites for hydroxylation is 2. The molecule has 9 rings (SSSR count). The molecule has 9 aromatic rings. The molecule has 0 bridgehead atoms. The summed E-state index contributed by atoms with van der Waals surface area (Å²) in [5.74, 6) is 0. The normalized spacial score (nSPS) is 10.3. The summed E-state index contributed by atoms with van der Waals surface area (Å²) in [5, 5.41) is 2.51. The van der Waals surface area contributed by atoms with E-state index in [2.05, 4.69) is 200 Å². The fourth-order valence-corrected chi connectivity index (χ4v) is 7.23. The molecule has 0 aliphatic rings. The van der Waals surface area contributed by atoms with E-state index in [4.69, 9.17) is 0 Å². The molecule has 3 heteroatoms. The lowest BCUT2D eigenvalue weighted by Crippen LogP contribution is -2.17. The van der Waals surface area contributed by atoms with Crippen LogP contribution in [0.5, 0.6) is 0 Å². The third-order valence-electron chi connectivity index (χ3n) is 9.95. The predicted molar refractivity (Wildman–Crippen MR) is 253 cm³/mol. The highest BCUT2D eigenvalue weighted by atomic mass is 15.1. The molecule has 1 heterocycles. The minimum atomic E-state index is 0.732. The molecular formula is C55H53N3. The Hall–Kier alpha value is -6.97. The molecule has 0 radical (unpaired) electrons. The van der Waals surface area contributed by atoms with E-state index in [0.717, 1.165) is 23.6 Å². The van der Waals surface area contributed by atoms with Gasteiger partial charge >= 0.3 is 0 Å². The second-order valence-corrected chi connectivity index (χ2v) is 13.9. The smallest absolute Gasteiger partial charge is 0.0855 e. The van der Waals surface area contributed by atoms with Gasteiger partial charge in [-0.15, -0.1) is 0 Å². The molecule has 0 fully saturated rings. The van der Waals surface area contributed by atoms with Crippen molar-refractivity contribution in [2.75, 3.05) is 11.9 Å². The van der Waals surface area contributed by atoms with Crippen molar-refractivity contribution in [3.05, 3.63) is 223 Å². The molecule has 0 N–H and O–H groups in total. The number of aliphatic imine (C=N–C) groups is 1. The standard InChI is InChI=1S/C39H31N3.2C7H8.C2H6/c1-40-34-21-10-12-23-36(34)41(2)27-31-24-25-37-39(38(31)29-16-7-4-8-17-29)33-20-9-11-22-35(33)42(37)32-19-13-18-30(26-32)28-14-5-3-6-15-28;2*1-7-5-3-2-4-6-7;1-2/h3-26H,1,27H2,2H3;2*2-6H,1H3;1-2H3.